The summed E-state index contributed by atoms with van der Waals surface area (Å²) in [5.74, 6) is -3.34. The molecule has 0 saturated heterocycles. The molecule has 8 nitrogen and oxygen atoms in total. The standard InChI is InChI=1S/C31H36O8/c1-12(2)9-17(24-26(34)18-10-20(13(3)4)38-30(18)22(15(7)32)28(24)36)25-27(35)19-11-21(14(5)6)39-31(19)23(16(8)33)29(25)37/h12,17,20-21,34-37H,3,5,9-11H2,1-2,4,6-8H3. The number of phenolic OH excluding ortho intramolecular Hbond substituents is 4. The van der Waals surface area contributed by atoms with Crippen LogP contribution >= 0.6 is 0 Å². The van der Waals surface area contributed by atoms with E-state index in [0.717, 1.165) is 0 Å². The zero-order chi connectivity index (χ0) is 29.1. The maximum absolute atomic E-state index is 12.8. The Kier molecular flexibility index (Phi) is 7.19. The zero-order valence-corrected chi connectivity index (χ0v) is 23.3. The van der Waals surface area contributed by atoms with Gasteiger partial charge in [0.2, 0.25) is 0 Å². The van der Waals surface area contributed by atoms with Crippen molar-refractivity contribution >= 4 is 11.6 Å². The second-order valence-electron chi connectivity index (χ2n) is 11.2. The molecule has 0 bridgehead atoms. The predicted octanol–water partition coefficient (Wildman–Crippen LogP) is 5.85. The third kappa shape index (κ3) is 4.51. The second-order valence-corrected chi connectivity index (χ2v) is 11.2. The molecule has 39 heavy (non-hydrogen) atoms. The number of fused-ring (bicyclic) bond motifs is 2. The number of Topliss-reactive ketones (excluding diaryl/α,β-unsaturated/α-hetero) is 2. The van der Waals surface area contributed by atoms with Crippen molar-refractivity contribution in [3.8, 4) is 34.5 Å². The maximum atomic E-state index is 12.8. The number of ether oxygens (including phenoxy) is 2. The minimum absolute atomic E-state index is 0.0194. The Morgan fingerprint density at radius 3 is 1.38 bits per heavy atom. The van der Waals surface area contributed by atoms with Crippen LogP contribution in [0.25, 0.3) is 0 Å². The van der Waals surface area contributed by atoms with Crippen LogP contribution in [0.15, 0.2) is 24.3 Å². The molecule has 4 rings (SSSR count). The average Bonchev–Trinajstić information content (AvgIpc) is 3.44. The van der Waals surface area contributed by atoms with Gasteiger partial charge in [0.05, 0.1) is 0 Å². The highest BCUT2D eigenvalue weighted by Crippen LogP contribution is 2.57. The fourth-order valence-corrected chi connectivity index (χ4v) is 5.64. The number of rotatable bonds is 8. The SMILES string of the molecule is C=C(C)C1Cc2c(O)c(C(CC(C)C)c3c(O)c4c(c(C(C)=O)c3O)OC(C(=C)C)C4)c(O)c(C(C)=O)c2O1. The number of hydrogen-bond acceptors (Lipinski definition) is 8. The average molecular weight is 537 g/mol. The number of benzene rings is 2. The van der Waals surface area contributed by atoms with Crippen molar-refractivity contribution in [2.75, 3.05) is 0 Å². The number of ketones is 2. The molecular weight excluding hydrogens is 500 g/mol. The van der Waals surface area contributed by atoms with Gasteiger partial charge in [-0.25, -0.2) is 0 Å². The Morgan fingerprint density at radius 2 is 1.10 bits per heavy atom. The summed E-state index contributed by atoms with van der Waals surface area (Å²) in [5.41, 5.74) is 1.84. The summed E-state index contributed by atoms with van der Waals surface area (Å²) in [7, 11) is 0. The molecule has 8 heteroatoms. The summed E-state index contributed by atoms with van der Waals surface area (Å²) < 4.78 is 11.9. The van der Waals surface area contributed by atoms with E-state index in [9.17, 15) is 30.0 Å². The van der Waals surface area contributed by atoms with Crippen molar-refractivity contribution in [1.29, 1.82) is 0 Å². The zero-order valence-electron chi connectivity index (χ0n) is 23.3. The third-order valence-corrected chi connectivity index (χ3v) is 7.57. The minimum Gasteiger partial charge on any atom is -0.507 e. The molecule has 2 aromatic carbocycles. The Hall–Kier alpha value is -3.94. The van der Waals surface area contributed by atoms with Crippen LogP contribution in [0.2, 0.25) is 0 Å². The molecule has 2 unspecified atom stereocenters. The maximum Gasteiger partial charge on any atom is 0.167 e. The Balaban J connectivity index is 2.06. The van der Waals surface area contributed by atoms with Gasteiger partial charge in [-0.05, 0) is 51.2 Å². The molecule has 2 heterocycles. The number of carbonyl (C=O) groups excluding carboxylic acids is 2. The number of aromatic hydroxyl groups is 4. The van der Waals surface area contributed by atoms with Gasteiger partial charge >= 0.3 is 0 Å². The van der Waals surface area contributed by atoms with Gasteiger partial charge in [-0.3, -0.25) is 9.59 Å². The molecule has 2 aromatic rings. The van der Waals surface area contributed by atoms with Crippen LogP contribution in [-0.4, -0.2) is 44.2 Å². The molecular formula is C31H36O8. The van der Waals surface area contributed by atoms with Gasteiger partial charge in [0.1, 0.15) is 57.8 Å². The van der Waals surface area contributed by atoms with Gasteiger partial charge in [0, 0.05) is 41.0 Å². The normalized spacial score (nSPS) is 18.2. The van der Waals surface area contributed by atoms with E-state index in [-0.39, 0.29) is 70.4 Å². The lowest BCUT2D eigenvalue weighted by Gasteiger charge is -2.27. The Bertz CT molecular complexity index is 1330. The molecule has 0 radical (unpaired) electrons. The highest BCUT2D eigenvalue weighted by Gasteiger charge is 2.41. The van der Waals surface area contributed by atoms with E-state index >= 15 is 0 Å². The van der Waals surface area contributed by atoms with Crippen LogP contribution in [0.3, 0.4) is 0 Å². The van der Waals surface area contributed by atoms with Crippen molar-refractivity contribution in [2.45, 2.75) is 78.9 Å². The van der Waals surface area contributed by atoms with Gasteiger partial charge in [0.15, 0.2) is 11.6 Å². The Labute approximate surface area is 228 Å². The smallest absolute Gasteiger partial charge is 0.167 e. The van der Waals surface area contributed by atoms with Crippen LogP contribution in [0.1, 0.15) is 96.9 Å². The van der Waals surface area contributed by atoms with E-state index in [1.165, 1.54) is 13.8 Å². The van der Waals surface area contributed by atoms with E-state index < -0.39 is 41.2 Å². The monoisotopic (exact) mass is 536 g/mol. The van der Waals surface area contributed by atoms with Gasteiger partial charge < -0.3 is 29.9 Å². The first-order valence-corrected chi connectivity index (χ1v) is 13.0. The molecule has 0 saturated carbocycles. The van der Waals surface area contributed by atoms with E-state index in [1.807, 2.05) is 13.8 Å². The van der Waals surface area contributed by atoms with E-state index in [4.69, 9.17) is 9.47 Å². The predicted molar refractivity (Wildman–Crippen MR) is 147 cm³/mol. The molecule has 208 valence electrons. The first-order valence-electron chi connectivity index (χ1n) is 13.0. The second kappa shape index (κ2) is 9.98. The third-order valence-electron chi connectivity index (χ3n) is 7.57. The first-order chi connectivity index (χ1) is 18.2. The number of hydrogen-bond donors (Lipinski definition) is 4. The molecule has 0 aliphatic carbocycles. The molecule has 0 fully saturated rings. The van der Waals surface area contributed by atoms with Gasteiger partial charge in [-0.1, -0.05) is 27.0 Å². The minimum atomic E-state index is -0.982. The molecule has 2 atom stereocenters. The fraction of sp³-hybridized carbons (Fsp3) is 0.419. The van der Waals surface area contributed by atoms with Crippen LogP contribution in [0, 0.1) is 5.92 Å². The summed E-state index contributed by atoms with van der Waals surface area (Å²) in [5, 5.41) is 46.1. The van der Waals surface area contributed by atoms with E-state index in [1.54, 1.807) is 13.8 Å². The molecule has 4 N–H and O–H groups in total. The summed E-state index contributed by atoms with van der Waals surface area (Å²) in [4.78, 5) is 25.5. The fourth-order valence-electron chi connectivity index (χ4n) is 5.64. The van der Waals surface area contributed by atoms with Crippen molar-refractivity contribution in [1.82, 2.24) is 0 Å². The van der Waals surface area contributed by atoms with Crippen LogP contribution in [0.4, 0.5) is 0 Å². The van der Waals surface area contributed by atoms with Crippen molar-refractivity contribution in [3.63, 3.8) is 0 Å². The van der Waals surface area contributed by atoms with Crippen molar-refractivity contribution in [2.24, 2.45) is 5.92 Å². The molecule has 0 aromatic heterocycles. The van der Waals surface area contributed by atoms with Gasteiger partial charge in [-0.15, -0.1) is 0 Å². The molecule has 2 aliphatic rings. The van der Waals surface area contributed by atoms with E-state index in [2.05, 4.69) is 13.2 Å². The highest BCUT2D eigenvalue weighted by molar-refractivity contribution is 6.03. The lowest BCUT2D eigenvalue weighted by molar-refractivity contribution is 0.0997. The number of carbonyl (C=O) groups is 2. The van der Waals surface area contributed by atoms with E-state index in [0.29, 0.717) is 22.3 Å². The summed E-state index contributed by atoms with van der Waals surface area (Å²) in [6.45, 7) is 17.8. The molecule has 2 aliphatic heterocycles. The molecule has 0 spiro atoms. The van der Waals surface area contributed by atoms with Crippen molar-refractivity contribution < 1.29 is 39.5 Å². The Morgan fingerprint density at radius 1 is 0.744 bits per heavy atom. The van der Waals surface area contributed by atoms with Crippen LogP contribution in [-0.2, 0) is 12.8 Å². The number of phenols is 4. The summed E-state index contributed by atoms with van der Waals surface area (Å²) >= 11 is 0. The van der Waals surface area contributed by atoms with Crippen LogP contribution in [0.5, 0.6) is 34.5 Å². The largest absolute Gasteiger partial charge is 0.507 e. The van der Waals surface area contributed by atoms with Gasteiger partial charge in [-0.2, -0.15) is 0 Å². The highest BCUT2D eigenvalue weighted by atomic mass is 16.5. The lowest BCUT2D eigenvalue weighted by Crippen LogP contribution is -2.13. The first kappa shape index (κ1) is 28.1. The summed E-state index contributed by atoms with van der Waals surface area (Å²) in [6.07, 6.45) is -0.278. The van der Waals surface area contributed by atoms with Gasteiger partial charge in [0.25, 0.3) is 0 Å². The van der Waals surface area contributed by atoms with Crippen LogP contribution < -0.4 is 9.47 Å². The quantitative estimate of drug-likeness (QED) is 0.244. The van der Waals surface area contributed by atoms with Crippen molar-refractivity contribution in [3.05, 3.63) is 57.7 Å². The topological polar surface area (TPSA) is 134 Å². The molecule has 0 amide bonds. The summed E-state index contributed by atoms with van der Waals surface area (Å²) in [6, 6.07) is 0. The lowest BCUT2D eigenvalue weighted by atomic mass is 9.78.